The summed E-state index contributed by atoms with van der Waals surface area (Å²) < 4.78 is 0. The van der Waals surface area contributed by atoms with E-state index in [9.17, 15) is 9.59 Å². The maximum atomic E-state index is 12.0. The van der Waals surface area contributed by atoms with Crippen LogP contribution in [0.3, 0.4) is 0 Å². The van der Waals surface area contributed by atoms with Crippen molar-refractivity contribution >= 4 is 29.0 Å². The van der Waals surface area contributed by atoms with Crippen molar-refractivity contribution in [2.45, 2.75) is 32.7 Å². The topological polar surface area (TPSA) is 84.2 Å². The van der Waals surface area contributed by atoms with Crippen molar-refractivity contribution in [3.63, 3.8) is 0 Å². The number of amides is 2. The first-order valence-corrected chi connectivity index (χ1v) is 5.68. The van der Waals surface area contributed by atoms with Gasteiger partial charge in [-0.1, -0.05) is 19.1 Å². The zero-order valence-electron chi connectivity index (χ0n) is 9.50. The third-order valence-electron chi connectivity index (χ3n) is 3.06. The minimum atomic E-state index is -0.832. The van der Waals surface area contributed by atoms with Gasteiger partial charge in [-0.25, -0.2) is 0 Å². The maximum absolute atomic E-state index is 12.0. The Balaban J connectivity index is 2.63. The van der Waals surface area contributed by atoms with Gasteiger partial charge in [-0.3, -0.25) is 9.59 Å². The molecule has 4 N–H and O–H groups in total. The molecule has 0 spiro atoms. The van der Waals surface area contributed by atoms with Gasteiger partial charge < -0.3 is 16.4 Å². The lowest BCUT2D eigenvalue weighted by atomic mass is 9.86. The Labute approximate surface area is 100 Å². The second-order valence-corrected chi connectivity index (χ2v) is 4.67. The summed E-state index contributed by atoms with van der Waals surface area (Å²) in [5, 5.41) is 5.45. The van der Waals surface area contributed by atoms with Crippen LogP contribution in [0.2, 0.25) is 0 Å². The van der Waals surface area contributed by atoms with Crippen LogP contribution >= 0.6 is 12.2 Å². The Morgan fingerprint density at radius 3 is 2.75 bits per heavy atom. The van der Waals surface area contributed by atoms with Gasteiger partial charge in [-0.05, 0) is 13.3 Å². The van der Waals surface area contributed by atoms with Crippen LogP contribution in [0.5, 0.6) is 0 Å². The Hall–Kier alpha value is -1.17. The molecule has 1 heterocycles. The lowest BCUT2D eigenvalue weighted by Crippen LogP contribution is -2.50. The number of rotatable bonds is 4. The molecule has 0 radical (unpaired) electrons. The molecule has 0 bridgehead atoms. The molecule has 2 unspecified atom stereocenters. The first-order valence-electron chi connectivity index (χ1n) is 5.27. The summed E-state index contributed by atoms with van der Waals surface area (Å²) in [7, 11) is 0. The van der Waals surface area contributed by atoms with E-state index in [1.807, 2.05) is 6.92 Å². The van der Waals surface area contributed by atoms with Crippen molar-refractivity contribution in [2.75, 3.05) is 6.54 Å². The molecule has 6 heteroatoms. The van der Waals surface area contributed by atoms with Crippen LogP contribution in [-0.2, 0) is 9.59 Å². The van der Waals surface area contributed by atoms with Gasteiger partial charge >= 0.3 is 0 Å². The average molecular weight is 243 g/mol. The molecule has 0 saturated carbocycles. The lowest BCUT2D eigenvalue weighted by molar-refractivity contribution is -0.127. The van der Waals surface area contributed by atoms with Crippen LogP contribution < -0.4 is 16.4 Å². The fourth-order valence-electron chi connectivity index (χ4n) is 1.50. The van der Waals surface area contributed by atoms with Crippen LogP contribution in [0.15, 0.2) is 0 Å². The van der Waals surface area contributed by atoms with Gasteiger partial charge in [0.25, 0.3) is 0 Å². The standard InChI is InChI=1S/C10H17N3O2S/c1-3-10(2,8(11)16)9(15)13-6-4-7(14)12-5-6/h6H,3-5H2,1-2H3,(H2,11,16)(H,12,14)(H,13,15). The van der Waals surface area contributed by atoms with Crippen LogP contribution in [0.1, 0.15) is 26.7 Å². The van der Waals surface area contributed by atoms with Crippen LogP contribution in [0.4, 0.5) is 0 Å². The molecule has 2 amide bonds. The van der Waals surface area contributed by atoms with E-state index in [-0.39, 0.29) is 22.8 Å². The Bertz CT molecular complexity index is 332. The van der Waals surface area contributed by atoms with Gasteiger partial charge in [-0.2, -0.15) is 0 Å². The molecule has 90 valence electrons. The Kier molecular flexibility index (Phi) is 3.85. The smallest absolute Gasteiger partial charge is 0.233 e. The second kappa shape index (κ2) is 4.78. The minimum absolute atomic E-state index is 0.0428. The summed E-state index contributed by atoms with van der Waals surface area (Å²) in [6, 6.07) is -0.153. The molecule has 2 atom stereocenters. The predicted molar refractivity (Wildman–Crippen MR) is 64.7 cm³/mol. The third-order valence-corrected chi connectivity index (χ3v) is 3.52. The lowest BCUT2D eigenvalue weighted by Gasteiger charge is -2.27. The first-order chi connectivity index (χ1) is 7.40. The van der Waals surface area contributed by atoms with Crippen molar-refractivity contribution in [1.82, 2.24) is 10.6 Å². The molecule has 0 aromatic rings. The van der Waals surface area contributed by atoms with E-state index >= 15 is 0 Å². The van der Waals surface area contributed by atoms with Crippen molar-refractivity contribution in [2.24, 2.45) is 11.1 Å². The third kappa shape index (κ3) is 2.49. The fourth-order valence-corrected chi connectivity index (χ4v) is 1.74. The largest absolute Gasteiger partial charge is 0.392 e. The molecule has 16 heavy (non-hydrogen) atoms. The molecular formula is C10H17N3O2S. The van der Waals surface area contributed by atoms with Crippen LogP contribution in [0.25, 0.3) is 0 Å². The minimum Gasteiger partial charge on any atom is -0.392 e. The van der Waals surface area contributed by atoms with E-state index in [0.29, 0.717) is 19.4 Å². The van der Waals surface area contributed by atoms with Gasteiger partial charge in [0.15, 0.2) is 0 Å². The zero-order valence-corrected chi connectivity index (χ0v) is 10.3. The quantitative estimate of drug-likeness (QED) is 0.592. The number of nitrogens with one attached hydrogen (secondary N) is 2. The molecular weight excluding hydrogens is 226 g/mol. The van der Waals surface area contributed by atoms with E-state index in [0.717, 1.165) is 0 Å². The molecule has 0 aliphatic carbocycles. The summed E-state index contributed by atoms with van der Waals surface area (Å²) in [6.45, 7) is 4.05. The highest BCUT2D eigenvalue weighted by molar-refractivity contribution is 7.80. The fraction of sp³-hybridized carbons (Fsp3) is 0.700. The van der Waals surface area contributed by atoms with Crippen molar-refractivity contribution < 1.29 is 9.59 Å². The van der Waals surface area contributed by atoms with Crippen molar-refractivity contribution in [1.29, 1.82) is 0 Å². The Morgan fingerprint density at radius 2 is 2.38 bits per heavy atom. The molecule has 1 fully saturated rings. The molecule has 1 rings (SSSR count). The van der Waals surface area contributed by atoms with E-state index in [1.54, 1.807) is 6.92 Å². The maximum Gasteiger partial charge on any atom is 0.233 e. The van der Waals surface area contributed by atoms with Crippen molar-refractivity contribution in [3.05, 3.63) is 0 Å². The number of carbonyl (C=O) groups excluding carboxylic acids is 2. The molecule has 1 aliphatic rings. The van der Waals surface area contributed by atoms with E-state index in [4.69, 9.17) is 18.0 Å². The van der Waals surface area contributed by atoms with Crippen LogP contribution in [0, 0.1) is 5.41 Å². The normalized spacial score (nSPS) is 23.4. The SMILES string of the molecule is CCC(C)(C(=O)NC1CNC(=O)C1)C(N)=S. The van der Waals surface area contributed by atoms with Gasteiger partial charge in [0.05, 0.1) is 16.4 Å². The van der Waals surface area contributed by atoms with Gasteiger partial charge in [0.2, 0.25) is 11.8 Å². The highest BCUT2D eigenvalue weighted by Gasteiger charge is 2.36. The number of hydrogen-bond acceptors (Lipinski definition) is 3. The Morgan fingerprint density at radius 1 is 1.75 bits per heavy atom. The van der Waals surface area contributed by atoms with Gasteiger partial charge in [-0.15, -0.1) is 0 Å². The summed E-state index contributed by atoms with van der Waals surface area (Å²) in [5.74, 6) is -0.247. The summed E-state index contributed by atoms with van der Waals surface area (Å²) in [4.78, 5) is 23.1. The molecule has 1 saturated heterocycles. The second-order valence-electron chi connectivity index (χ2n) is 4.23. The number of hydrogen-bond donors (Lipinski definition) is 3. The molecule has 5 nitrogen and oxygen atoms in total. The van der Waals surface area contributed by atoms with Gasteiger partial charge in [0.1, 0.15) is 0 Å². The highest BCUT2D eigenvalue weighted by atomic mass is 32.1. The number of thiocarbonyl (C=S) groups is 1. The molecule has 1 aliphatic heterocycles. The van der Waals surface area contributed by atoms with E-state index in [2.05, 4.69) is 10.6 Å². The molecule has 0 aromatic heterocycles. The number of carbonyl (C=O) groups is 2. The monoisotopic (exact) mass is 243 g/mol. The number of nitrogens with two attached hydrogens (primary N) is 1. The first kappa shape index (κ1) is 12.9. The zero-order chi connectivity index (χ0) is 12.3. The average Bonchev–Trinajstić information content (AvgIpc) is 2.62. The summed E-state index contributed by atoms with van der Waals surface area (Å²) in [6.07, 6.45) is 0.866. The highest BCUT2D eigenvalue weighted by Crippen LogP contribution is 2.22. The molecule has 0 aromatic carbocycles. The van der Waals surface area contributed by atoms with Crippen LogP contribution in [-0.4, -0.2) is 29.4 Å². The van der Waals surface area contributed by atoms with E-state index in [1.165, 1.54) is 0 Å². The summed E-state index contributed by atoms with van der Waals surface area (Å²) in [5.41, 5.74) is 4.74. The van der Waals surface area contributed by atoms with Crippen molar-refractivity contribution in [3.8, 4) is 0 Å². The predicted octanol–water partition coefficient (Wildman–Crippen LogP) is -0.306. The summed E-state index contributed by atoms with van der Waals surface area (Å²) >= 11 is 4.90. The van der Waals surface area contributed by atoms with Gasteiger partial charge in [0, 0.05) is 13.0 Å². The van der Waals surface area contributed by atoms with E-state index < -0.39 is 5.41 Å².